The number of hydrogen-bond donors (Lipinski definition) is 1. The van der Waals surface area contributed by atoms with Crippen molar-refractivity contribution in [3.05, 3.63) is 21.4 Å². The van der Waals surface area contributed by atoms with Crippen LogP contribution in [0.1, 0.15) is 59.1 Å². The maximum atomic E-state index is 12.1. The molecule has 1 atom stereocenters. The minimum Gasteiger partial charge on any atom is -0.266 e. The molecule has 0 radical (unpaired) electrons. The van der Waals surface area contributed by atoms with Crippen molar-refractivity contribution in [3.8, 4) is 0 Å². The van der Waals surface area contributed by atoms with Crippen LogP contribution in [0.4, 0.5) is 0 Å². The summed E-state index contributed by atoms with van der Waals surface area (Å²) in [4.78, 5) is 14.3. The van der Waals surface area contributed by atoms with E-state index in [1.54, 1.807) is 11.3 Å². The van der Waals surface area contributed by atoms with Gasteiger partial charge in [0.25, 0.3) is 5.91 Å². The van der Waals surface area contributed by atoms with Crippen molar-refractivity contribution in [1.29, 1.82) is 0 Å². The first-order valence-corrected chi connectivity index (χ1v) is 8.01. The quantitative estimate of drug-likeness (QED) is 0.825. The van der Waals surface area contributed by atoms with E-state index >= 15 is 0 Å². The number of hydrogen-bond acceptors (Lipinski definition) is 3. The van der Waals surface area contributed by atoms with E-state index in [1.807, 2.05) is 6.07 Å². The molecule has 0 bridgehead atoms. The number of fused-ring (bicyclic) bond motifs is 1. The number of nitrogens with zero attached hydrogens (tertiary/aromatic N) is 1. The molecule has 4 heteroatoms. The lowest BCUT2D eigenvalue weighted by molar-refractivity contribution is 0.0958. The molecule has 102 valence electrons. The summed E-state index contributed by atoms with van der Waals surface area (Å²) >= 11 is 1.64. The SMILES string of the molecule is C[C@H]1CCC/C(=N\NC(=O)c2cc3c(s2)CCC3)C1. The van der Waals surface area contributed by atoms with E-state index in [0.717, 1.165) is 36.3 Å². The van der Waals surface area contributed by atoms with Gasteiger partial charge in [-0.3, -0.25) is 4.79 Å². The Kier molecular flexibility index (Phi) is 3.69. The van der Waals surface area contributed by atoms with Gasteiger partial charge in [-0.25, -0.2) is 5.43 Å². The third-order valence-corrected chi connectivity index (χ3v) is 5.27. The Labute approximate surface area is 118 Å². The van der Waals surface area contributed by atoms with Crippen molar-refractivity contribution in [2.24, 2.45) is 11.0 Å². The monoisotopic (exact) mass is 276 g/mol. The number of nitrogens with one attached hydrogen (secondary N) is 1. The summed E-state index contributed by atoms with van der Waals surface area (Å²) in [5, 5.41) is 4.32. The Hall–Kier alpha value is -1.16. The number of hydrazone groups is 1. The van der Waals surface area contributed by atoms with Gasteiger partial charge >= 0.3 is 0 Å². The number of aryl methyl sites for hydroxylation is 2. The van der Waals surface area contributed by atoms with E-state index in [9.17, 15) is 4.79 Å². The minimum absolute atomic E-state index is 0.0369. The van der Waals surface area contributed by atoms with Crippen LogP contribution in [0.2, 0.25) is 0 Å². The van der Waals surface area contributed by atoms with E-state index in [0.29, 0.717) is 5.92 Å². The van der Waals surface area contributed by atoms with Crippen molar-refractivity contribution in [2.75, 3.05) is 0 Å². The van der Waals surface area contributed by atoms with Crippen molar-refractivity contribution in [2.45, 2.75) is 51.9 Å². The standard InChI is InChI=1S/C15H20N2OS/c1-10-4-2-6-12(8-10)16-17-15(18)14-9-11-5-3-7-13(11)19-14/h9-10H,2-8H2,1H3,(H,17,18)/b16-12+/t10-/m0/s1. The lowest BCUT2D eigenvalue weighted by Crippen LogP contribution is -2.21. The highest BCUT2D eigenvalue weighted by Gasteiger charge is 2.19. The smallest absolute Gasteiger partial charge is 0.266 e. The lowest BCUT2D eigenvalue weighted by atomic mass is 9.89. The summed E-state index contributed by atoms with van der Waals surface area (Å²) in [6.07, 6.45) is 8.05. The fraction of sp³-hybridized carbons (Fsp3) is 0.600. The van der Waals surface area contributed by atoms with Crippen LogP contribution in [0, 0.1) is 5.92 Å². The van der Waals surface area contributed by atoms with Gasteiger partial charge in [0.05, 0.1) is 4.88 Å². The summed E-state index contributed by atoms with van der Waals surface area (Å²) in [5.74, 6) is 0.667. The molecule has 1 aromatic rings. The van der Waals surface area contributed by atoms with Gasteiger partial charge < -0.3 is 0 Å². The molecule has 2 aliphatic rings. The zero-order valence-corrected chi connectivity index (χ0v) is 12.2. The van der Waals surface area contributed by atoms with Crippen LogP contribution < -0.4 is 5.43 Å². The fourth-order valence-corrected chi connectivity index (χ4v) is 4.13. The average molecular weight is 276 g/mol. The average Bonchev–Trinajstić information content (AvgIpc) is 2.96. The molecule has 1 saturated carbocycles. The summed E-state index contributed by atoms with van der Waals surface area (Å²) in [5.41, 5.74) is 5.26. The molecule has 1 N–H and O–H groups in total. The second-order valence-corrected chi connectivity index (χ2v) is 6.87. The van der Waals surface area contributed by atoms with Crippen molar-refractivity contribution < 1.29 is 4.79 Å². The van der Waals surface area contributed by atoms with Crippen LogP contribution in [-0.4, -0.2) is 11.6 Å². The van der Waals surface area contributed by atoms with Crippen LogP contribution >= 0.6 is 11.3 Å². The van der Waals surface area contributed by atoms with Gasteiger partial charge in [-0.05, 0) is 62.5 Å². The molecular formula is C15H20N2OS. The van der Waals surface area contributed by atoms with E-state index in [-0.39, 0.29) is 5.91 Å². The van der Waals surface area contributed by atoms with Crippen molar-refractivity contribution >= 4 is 23.0 Å². The van der Waals surface area contributed by atoms with Gasteiger partial charge in [0.2, 0.25) is 0 Å². The Balaban J connectivity index is 1.63. The molecule has 19 heavy (non-hydrogen) atoms. The van der Waals surface area contributed by atoms with Crippen LogP contribution in [-0.2, 0) is 12.8 Å². The van der Waals surface area contributed by atoms with Crippen LogP contribution in [0.3, 0.4) is 0 Å². The van der Waals surface area contributed by atoms with Gasteiger partial charge in [-0.2, -0.15) is 5.10 Å². The number of carbonyl (C=O) groups excluding carboxylic acids is 1. The third kappa shape index (κ3) is 2.89. The Morgan fingerprint density at radius 1 is 1.37 bits per heavy atom. The van der Waals surface area contributed by atoms with Gasteiger partial charge in [-0.15, -0.1) is 11.3 Å². The van der Waals surface area contributed by atoms with Crippen molar-refractivity contribution in [1.82, 2.24) is 5.43 Å². The Morgan fingerprint density at radius 3 is 3.05 bits per heavy atom. The summed E-state index contributed by atoms with van der Waals surface area (Å²) < 4.78 is 0. The Morgan fingerprint density at radius 2 is 2.26 bits per heavy atom. The van der Waals surface area contributed by atoms with Crippen LogP contribution in [0.15, 0.2) is 11.2 Å². The molecule has 0 unspecified atom stereocenters. The fourth-order valence-electron chi connectivity index (χ4n) is 2.99. The maximum absolute atomic E-state index is 12.1. The molecule has 1 fully saturated rings. The highest BCUT2D eigenvalue weighted by atomic mass is 32.1. The molecule has 0 aliphatic heterocycles. The number of rotatable bonds is 2. The molecular weight excluding hydrogens is 256 g/mol. The summed E-state index contributed by atoms with van der Waals surface area (Å²) in [6.45, 7) is 2.25. The molecule has 0 saturated heterocycles. The predicted octanol–water partition coefficient (Wildman–Crippen LogP) is 3.53. The summed E-state index contributed by atoms with van der Waals surface area (Å²) in [6, 6.07) is 2.05. The second-order valence-electron chi connectivity index (χ2n) is 5.73. The zero-order valence-electron chi connectivity index (χ0n) is 11.4. The predicted molar refractivity (Wildman–Crippen MR) is 78.9 cm³/mol. The largest absolute Gasteiger partial charge is 0.281 e. The zero-order chi connectivity index (χ0) is 13.2. The first-order chi connectivity index (χ1) is 9.22. The van der Waals surface area contributed by atoms with Crippen molar-refractivity contribution in [3.63, 3.8) is 0 Å². The number of amides is 1. The van der Waals surface area contributed by atoms with E-state index in [2.05, 4.69) is 17.5 Å². The molecule has 1 amide bonds. The topological polar surface area (TPSA) is 41.5 Å². The van der Waals surface area contributed by atoms with Gasteiger partial charge in [-0.1, -0.05) is 6.92 Å². The molecule has 0 aromatic carbocycles. The molecule has 3 nitrogen and oxygen atoms in total. The van der Waals surface area contributed by atoms with E-state index in [4.69, 9.17) is 0 Å². The minimum atomic E-state index is -0.0369. The number of carbonyl (C=O) groups is 1. The highest BCUT2D eigenvalue weighted by Crippen LogP contribution is 2.30. The van der Waals surface area contributed by atoms with Gasteiger partial charge in [0.1, 0.15) is 0 Å². The number of thiophene rings is 1. The third-order valence-electron chi connectivity index (χ3n) is 4.03. The molecule has 3 rings (SSSR count). The molecule has 0 spiro atoms. The van der Waals surface area contributed by atoms with Crippen LogP contribution in [0.5, 0.6) is 0 Å². The Bertz CT molecular complexity index is 497. The first-order valence-electron chi connectivity index (χ1n) is 7.19. The molecule has 2 aliphatic carbocycles. The van der Waals surface area contributed by atoms with Crippen LogP contribution in [0.25, 0.3) is 0 Å². The first kappa shape index (κ1) is 12.9. The maximum Gasteiger partial charge on any atom is 0.281 e. The van der Waals surface area contributed by atoms with Gasteiger partial charge in [0.15, 0.2) is 0 Å². The van der Waals surface area contributed by atoms with E-state index in [1.165, 1.54) is 29.7 Å². The molecule has 1 aromatic heterocycles. The molecule has 1 heterocycles. The lowest BCUT2D eigenvalue weighted by Gasteiger charge is -2.18. The normalized spacial score (nSPS) is 24.5. The highest BCUT2D eigenvalue weighted by molar-refractivity contribution is 7.14. The summed E-state index contributed by atoms with van der Waals surface area (Å²) in [7, 11) is 0. The second kappa shape index (κ2) is 5.45. The van der Waals surface area contributed by atoms with Gasteiger partial charge in [0, 0.05) is 10.6 Å². The van der Waals surface area contributed by atoms with E-state index < -0.39 is 0 Å².